The summed E-state index contributed by atoms with van der Waals surface area (Å²) in [5, 5.41) is 17.5. The van der Waals surface area contributed by atoms with Gasteiger partial charge < -0.3 is 4.90 Å². The third-order valence-electron chi connectivity index (χ3n) is 19.5. The molecule has 1 aliphatic carbocycles. The standard InChI is InChI=1S/C87H55N5/c1-4-20-54(21-5-1)85-88-86(55-22-6-2-7-23-55)90-87(89-85)92-81-37-17-16-36-74(81)76-46-47-77-75-45-41-63(53-82(75)91(83(77)84(76)92)64-28-8-3-9-29-64)62-39-43-72-68-33-13-15-35-70(68)79-51-61(40-44-73(79)80(72)52-62)59-27-19-25-57(49-59)56-24-18-26-58(48-56)60-38-42-71-67-32-11-10-30-65(67)66-31-12-14-34-69(66)78(71)50-60/h1-53,75,82H. The van der Waals surface area contributed by atoms with Crippen LogP contribution in [0.3, 0.4) is 0 Å². The summed E-state index contributed by atoms with van der Waals surface area (Å²) in [7, 11) is 0. The average Bonchev–Trinajstić information content (AvgIpc) is 1.50. The monoisotopic (exact) mass is 1170 g/mol. The molecule has 15 aromatic carbocycles. The van der Waals surface area contributed by atoms with Gasteiger partial charge in [0.05, 0.1) is 22.8 Å². The molecule has 428 valence electrons. The minimum Gasteiger partial charge on any atom is -0.332 e. The Kier molecular flexibility index (Phi) is 11.7. The lowest BCUT2D eigenvalue weighted by Gasteiger charge is -2.30. The van der Waals surface area contributed by atoms with Crippen LogP contribution in [0.15, 0.2) is 322 Å². The summed E-state index contributed by atoms with van der Waals surface area (Å²) in [6.07, 6.45) is 7.31. The van der Waals surface area contributed by atoms with E-state index in [1.54, 1.807) is 0 Å². The lowest BCUT2D eigenvalue weighted by molar-refractivity contribution is 0.747. The predicted molar refractivity (Wildman–Crippen MR) is 385 cm³/mol. The number of hydrogen-bond acceptors (Lipinski definition) is 4. The summed E-state index contributed by atoms with van der Waals surface area (Å²) >= 11 is 0. The van der Waals surface area contributed by atoms with Crippen molar-refractivity contribution in [2.45, 2.75) is 12.0 Å². The van der Waals surface area contributed by atoms with E-state index in [0.29, 0.717) is 17.6 Å². The minimum absolute atomic E-state index is 0.0343. The Morgan fingerprint density at radius 2 is 0.674 bits per heavy atom. The number of para-hydroxylation sites is 2. The first-order chi connectivity index (χ1) is 45.6. The summed E-state index contributed by atoms with van der Waals surface area (Å²) in [6, 6.07) is 111. The quantitative estimate of drug-likeness (QED) is 0.142. The number of anilines is 2. The highest BCUT2D eigenvalue weighted by atomic mass is 15.2. The average molecular weight is 1170 g/mol. The summed E-state index contributed by atoms with van der Waals surface area (Å²) in [5.74, 6) is 1.89. The molecule has 0 saturated heterocycles. The number of rotatable bonds is 8. The maximum atomic E-state index is 5.36. The molecule has 5 nitrogen and oxygen atoms in total. The molecule has 0 amide bonds. The molecule has 1 aliphatic heterocycles. The van der Waals surface area contributed by atoms with Gasteiger partial charge in [-0.25, -0.2) is 4.98 Å². The highest BCUT2D eigenvalue weighted by Gasteiger charge is 2.41. The topological polar surface area (TPSA) is 46.8 Å². The highest BCUT2D eigenvalue weighted by molar-refractivity contribution is 6.27. The molecule has 0 saturated carbocycles. The van der Waals surface area contributed by atoms with Crippen LogP contribution >= 0.6 is 0 Å². The molecule has 2 atom stereocenters. The van der Waals surface area contributed by atoms with Gasteiger partial charge in [-0.1, -0.05) is 273 Å². The van der Waals surface area contributed by atoms with Crippen LogP contribution in [0.5, 0.6) is 0 Å². The van der Waals surface area contributed by atoms with E-state index < -0.39 is 0 Å². The fraction of sp³-hybridized carbons (Fsp3) is 0.0230. The van der Waals surface area contributed by atoms with Crippen molar-refractivity contribution < 1.29 is 0 Å². The largest absolute Gasteiger partial charge is 0.332 e. The molecule has 2 aromatic heterocycles. The van der Waals surface area contributed by atoms with Crippen molar-refractivity contribution in [3.8, 4) is 62.1 Å². The number of benzene rings is 15. The van der Waals surface area contributed by atoms with Gasteiger partial charge >= 0.3 is 0 Å². The van der Waals surface area contributed by atoms with Gasteiger partial charge in [0.2, 0.25) is 5.95 Å². The summed E-state index contributed by atoms with van der Waals surface area (Å²) in [4.78, 5) is 18.4. The molecule has 2 aliphatic rings. The van der Waals surface area contributed by atoms with Crippen molar-refractivity contribution >= 4 is 103 Å². The summed E-state index contributed by atoms with van der Waals surface area (Å²) in [6.45, 7) is 0. The van der Waals surface area contributed by atoms with Gasteiger partial charge in [-0.15, -0.1) is 0 Å². The van der Waals surface area contributed by atoms with Crippen molar-refractivity contribution in [1.82, 2.24) is 19.5 Å². The molecule has 3 heterocycles. The zero-order chi connectivity index (χ0) is 60.4. The molecular weight excluding hydrogens is 1110 g/mol. The van der Waals surface area contributed by atoms with E-state index in [1.165, 1.54) is 115 Å². The molecule has 0 bridgehead atoms. The van der Waals surface area contributed by atoms with E-state index in [0.717, 1.165) is 44.3 Å². The molecule has 19 rings (SSSR count). The number of nitrogens with zero attached hydrogens (tertiary/aromatic N) is 5. The first-order valence-corrected chi connectivity index (χ1v) is 31.7. The van der Waals surface area contributed by atoms with Crippen LogP contribution < -0.4 is 4.90 Å². The van der Waals surface area contributed by atoms with E-state index >= 15 is 0 Å². The van der Waals surface area contributed by atoms with Gasteiger partial charge in [-0.05, 0) is 163 Å². The molecule has 0 N–H and O–H groups in total. The van der Waals surface area contributed by atoms with Crippen molar-refractivity contribution in [2.75, 3.05) is 4.90 Å². The second-order valence-corrected chi connectivity index (χ2v) is 24.5. The van der Waals surface area contributed by atoms with Gasteiger partial charge in [0.15, 0.2) is 11.6 Å². The Morgan fingerprint density at radius 1 is 0.283 bits per heavy atom. The number of allylic oxidation sites excluding steroid dienone is 2. The molecule has 92 heavy (non-hydrogen) atoms. The lowest BCUT2D eigenvalue weighted by atomic mass is 9.85. The Morgan fingerprint density at radius 3 is 1.20 bits per heavy atom. The van der Waals surface area contributed by atoms with Crippen molar-refractivity contribution in [3.63, 3.8) is 0 Å². The molecular formula is C87H55N5. The first kappa shape index (κ1) is 51.9. The van der Waals surface area contributed by atoms with Gasteiger partial charge in [0, 0.05) is 33.5 Å². The summed E-state index contributed by atoms with van der Waals surface area (Å²) in [5.41, 5.74) is 17.0. The van der Waals surface area contributed by atoms with Crippen LogP contribution in [0, 0.1) is 0 Å². The zero-order valence-electron chi connectivity index (χ0n) is 50.0. The Labute approximate surface area is 531 Å². The third kappa shape index (κ3) is 8.22. The second-order valence-electron chi connectivity index (χ2n) is 24.5. The van der Waals surface area contributed by atoms with Crippen molar-refractivity contribution in [3.05, 3.63) is 333 Å². The molecule has 0 spiro atoms. The van der Waals surface area contributed by atoms with Crippen molar-refractivity contribution in [1.29, 1.82) is 0 Å². The molecule has 2 unspecified atom stereocenters. The van der Waals surface area contributed by atoms with E-state index in [2.05, 4.69) is 295 Å². The second kappa shape index (κ2) is 20.8. The van der Waals surface area contributed by atoms with E-state index in [9.17, 15) is 0 Å². The fourth-order valence-electron chi connectivity index (χ4n) is 15.3. The van der Waals surface area contributed by atoms with Crippen LogP contribution in [-0.4, -0.2) is 25.6 Å². The molecule has 0 fully saturated rings. The number of hydrogen-bond donors (Lipinski definition) is 0. The van der Waals surface area contributed by atoms with Crippen LogP contribution in [0.1, 0.15) is 17.0 Å². The zero-order valence-corrected chi connectivity index (χ0v) is 50.0. The maximum absolute atomic E-state index is 5.36. The SMILES string of the molecule is C1=CC2c3ccc4c5ccccc5n(-c5nc(-c6ccccc6)nc(-c6ccccc6)n5)c4c3N(c3ccccc3)C2C=C1c1ccc2c3ccccc3c3cc(-c4cccc(-c5cccc(-c6ccc7c8ccccc8c8ccccc8c7c6)c5)c4)ccc3c2c1. The van der Waals surface area contributed by atoms with E-state index in [-0.39, 0.29) is 12.0 Å². The minimum atomic E-state index is -0.0343. The molecule has 5 heteroatoms. The Hall–Kier alpha value is -12.1. The number of aromatic nitrogens is 4. The maximum Gasteiger partial charge on any atom is 0.238 e. The smallest absolute Gasteiger partial charge is 0.238 e. The Bertz CT molecular complexity index is 5870. The lowest BCUT2D eigenvalue weighted by Crippen LogP contribution is -2.29. The van der Waals surface area contributed by atoms with Crippen LogP contribution in [-0.2, 0) is 0 Å². The first-order valence-electron chi connectivity index (χ1n) is 31.7. The summed E-state index contributed by atoms with van der Waals surface area (Å²) < 4.78 is 2.29. The van der Waals surface area contributed by atoms with Gasteiger partial charge in [0.25, 0.3) is 0 Å². The van der Waals surface area contributed by atoms with E-state index in [4.69, 9.17) is 15.0 Å². The van der Waals surface area contributed by atoms with Gasteiger partial charge in [0.1, 0.15) is 0 Å². The fourth-order valence-corrected chi connectivity index (χ4v) is 15.3. The van der Waals surface area contributed by atoms with Crippen LogP contribution in [0.25, 0.3) is 154 Å². The predicted octanol–water partition coefficient (Wildman–Crippen LogP) is 22.5. The Balaban J connectivity index is 0.711. The highest BCUT2D eigenvalue weighted by Crippen LogP contribution is 2.54. The van der Waals surface area contributed by atoms with E-state index in [1.807, 2.05) is 36.4 Å². The molecule has 0 radical (unpaired) electrons. The van der Waals surface area contributed by atoms with Gasteiger partial charge in [-0.2, -0.15) is 9.97 Å². The van der Waals surface area contributed by atoms with Crippen LogP contribution in [0.2, 0.25) is 0 Å². The van der Waals surface area contributed by atoms with Crippen molar-refractivity contribution in [2.24, 2.45) is 0 Å². The van der Waals surface area contributed by atoms with Crippen LogP contribution in [0.4, 0.5) is 11.4 Å². The number of fused-ring (bicyclic) bond motifs is 19. The van der Waals surface area contributed by atoms with Gasteiger partial charge in [-0.3, -0.25) is 4.57 Å². The normalized spacial score (nSPS) is 14.5. The third-order valence-corrected chi connectivity index (χ3v) is 19.5. The molecule has 17 aromatic rings.